The molecule has 4 heteroatoms. The standard InChI is InChI=1S/C13H20N2O2/c1-9(6-7-16)8-15-13(17)11-4-3-5-12(14)10(11)2/h3-5,9,16H,6-8,14H2,1-2H3,(H,15,17). The fourth-order valence-corrected chi connectivity index (χ4v) is 1.58. The van der Waals surface area contributed by atoms with Gasteiger partial charge in [0.15, 0.2) is 0 Å². The number of aliphatic hydroxyl groups is 1. The lowest BCUT2D eigenvalue weighted by molar-refractivity contribution is 0.0945. The van der Waals surface area contributed by atoms with Gasteiger partial charge in [-0.15, -0.1) is 0 Å². The highest BCUT2D eigenvalue weighted by atomic mass is 16.3. The van der Waals surface area contributed by atoms with E-state index in [0.29, 0.717) is 24.2 Å². The number of anilines is 1. The molecule has 0 bridgehead atoms. The van der Waals surface area contributed by atoms with Crippen molar-refractivity contribution >= 4 is 11.6 Å². The minimum atomic E-state index is -0.111. The molecule has 0 spiro atoms. The molecule has 17 heavy (non-hydrogen) atoms. The van der Waals surface area contributed by atoms with Crippen LogP contribution in [0.1, 0.15) is 29.3 Å². The molecule has 0 radical (unpaired) electrons. The largest absolute Gasteiger partial charge is 0.398 e. The van der Waals surface area contributed by atoms with Crippen molar-refractivity contribution < 1.29 is 9.90 Å². The molecule has 1 amide bonds. The summed E-state index contributed by atoms with van der Waals surface area (Å²) in [7, 11) is 0. The minimum Gasteiger partial charge on any atom is -0.398 e. The van der Waals surface area contributed by atoms with Gasteiger partial charge in [-0.3, -0.25) is 4.79 Å². The molecule has 1 atom stereocenters. The van der Waals surface area contributed by atoms with Crippen molar-refractivity contribution in [2.45, 2.75) is 20.3 Å². The predicted octanol–water partition coefficient (Wildman–Crippen LogP) is 1.33. The van der Waals surface area contributed by atoms with Crippen molar-refractivity contribution in [1.29, 1.82) is 0 Å². The first-order chi connectivity index (χ1) is 8.06. The van der Waals surface area contributed by atoms with Crippen LogP contribution >= 0.6 is 0 Å². The summed E-state index contributed by atoms with van der Waals surface area (Å²) in [5, 5.41) is 11.6. The summed E-state index contributed by atoms with van der Waals surface area (Å²) >= 11 is 0. The van der Waals surface area contributed by atoms with Gasteiger partial charge in [0, 0.05) is 24.4 Å². The van der Waals surface area contributed by atoms with E-state index in [9.17, 15) is 4.79 Å². The van der Waals surface area contributed by atoms with Crippen LogP contribution in [0, 0.1) is 12.8 Å². The highest BCUT2D eigenvalue weighted by molar-refractivity contribution is 5.96. The summed E-state index contributed by atoms with van der Waals surface area (Å²) in [6.07, 6.45) is 0.691. The van der Waals surface area contributed by atoms with Gasteiger partial charge >= 0.3 is 0 Å². The summed E-state index contributed by atoms with van der Waals surface area (Å²) in [6.45, 7) is 4.53. The third-order valence-electron chi connectivity index (χ3n) is 2.85. The quantitative estimate of drug-likeness (QED) is 0.675. The normalized spacial score (nSPS) is 12.2. The van der Waals surface area contributed by atoms with E-state index < -0.39 is 0 Å². The number of aliphatic hydroxyl groups excluding tert-OH is 1. The third-order valence-corrected chi connectivity index (χ3v) is 2.85. The van der Waals surface area contributed by atoms with Crippen LogP contribution in [0.5, 0.6) is 0 Å². The Labute approximate surface area is 102 Å². The maximum absolute atomic E-state index is 11.9. The average molecular weight is 236 g/mol. The summed E-state index contributed by atoms with van der Waals surface area (Å²) in [5.74, 6) is 0.157. The second-order valence-electron chi connectivity index (χ2n) is 4.35. The Morgan fingerprint density at radius 1 is 1.53 bits per heavy atom. The Kier molecular flexibility index (Phi) is 4.97. The van der Waals surface area contributed by atoms with Crippen LogP contribution in [0.4, 0.5) is 5.69 Å². The SMILES string of the molecule is Cc1c(N)cccc1C(=O)NCC(C)CCO. The maximum Gasteiger partial charge on any atom is 0.251 e. The number of nitrogens with two attached hydrogens (primary N) is 1. The van der Waals surface area contributed by atoms with E-state index in [0.717, 1.165) is 5.56 Å². The zero-order valence-electron chi connectivity index (χ0n) is 10.4. The molecule has 1 rings (SSSR count). The van der Waals surface area contributed by atoms with Gasteiger partial charge in [-0.05, 0) is 37.0 Å². The third kappa shape index (κ3) is 3.75. The molecule has 94 valence electrons. The first-order valence-electron chi connectivity index (χ1n) is 5.80. The fourth-order valence-electron chi connectivity index (χ4n) is 1.58. The molecule has 4 N–H and O–H groups in total. The van der Waals surface area contributed by atoms with Crippen LogP contribution in [0.25, 0.3) is 0 Å². The number of benzene rings is 1. The van der Waals surface area contributed by atoms with Gasteiger partial charge in [0.05, 0.1) is 0 Å². The fraction of sp³-hybridized carbons (Fsp3) is 0.462. The molecule has 0 saturated heterocycles. The Bertz CT molecular complexity index is 391. The Hall–Kier alpha value is -1.55. The zero-order chi connectivity index (χ0) is 12.8. The van der Waals surface area contributed by atoms with Gasteiger partial charge in [0.1, 0.15) is 0 Å². The lowest BCUT2D eigenvalue weighted by atomic mass is 10.1. The smallest absolute Gasteiger partial charge is 0.251 e. The topological polar surface area (TPSA) is 75.4 Å². The van der Waals surface area contributed by atoms with Gasteiger partial charge < -0.3 is 16.2 Å². The van der Waals surface area contributed by atoms with Crippen LogP contribution in [0.3, 0.4) is 0 Å². The predicted molar refractivity (Wildman–Crippen MR) is 68.8 cm³/mol. The van der Waals surface area contributed by atoms with Crippen molar-refractivity contribution in [2.24, 2.45) is 5.92 Å². The van der Waals surface area contributed by atoms with E-state index in [1.54, 1.807) is 18.2 Å². The van der Waals surface area contributed by atoms with Crippen molar-refractivity contribution in [3.63, 3.8) is 0 Å². The zero-order valence-corrected chi connectivity index (χ0v) is 10.4. The van der Waals surface area contributed by atoms with Gasteiger partial charge in [-0.25, -0.2) is 0 Å². The summed E-state index contributed by atoms with van der Waals surface area (Å²) < 4.78 is 0. The van der Waals surface area contributed by atoms with Gasteiger partial charge in [-0.1, -0.05) is 13.0 Å². The molecule has 4 nitrogen and oxygen atoms in total. The number of carbonyl (C=O) groups is 1. The van der Waals surface area contributed by atoms with Crippen molar-refractivity contribution in [3.8, 4) is 0 Å². The summed E-state index contributed by atoms with van der Waals surface area (Å²) in [4.78, 5) is 11.9. The van der Waals surface area contributed by atoms with E-state index in [-0.39, 0.29) is 18.4 Å². The second kappa shape index (κ2) is 6.25. The lowest BCUT2D eigenvalue weighted by Crippen LogP contribution is -2.29. The van der Waals surface area contributed by atoms with E-state index in [4.69, 9.17) is 10.8 Å². The van der Waals surface area contributed by atoms with Crippen molar-refractivity contribution in [1.82, 2.24) is 5.32 Å². The molecule has 1 aromatic rings. The van der Waals surface area contributed by atoms with Crippen molar-refractivity contribution in [2.75, 3.05) is 18.9 Å². The average Bonchev–Trinajstić information content (AvgIpc) is 2.30. The molecule has 0 saturated carbocycles. The molecular formula is C13H20N2O2. The Balaban J connectivity index is 2.61. The molecule has 0 fully saturated rings. The van der Waals surface area contributed by atoms with E-state index in [1.807, 2.05) is 13.8 Å². The summed E-state index contributed by atoms with van der Waals surface area (Å²) in [5.41, 5.74) is 7.79. The number of hydrogen-bond donors (Lipinski definition) is 3. The van der Waals surface area contributed by atoms with Crippen LogP contribution < -0.4 is 11.1 Å². The Morgan fingerprint density at radius 3 is 2.88 bits per heavy atom. The number of nitrogen functional groups attached to an aromatic ring is 1. The molecule has 0 aliphatic heterocycles. The molecule has 0 aliphatic rings. The molecule has 0 heterocycles. The molecule has 1 unspecified atom stereocenters. The summed E-state index contributed by atoms with van der Waals surface area (Å²) in [6, 6.07) is 5.31. The van der Waals surface area contributed by atoms with Crippen LogP contribution in [0.15, 0.2) is 18.2 Å². The van der Waals surface area contributed by atoms with Gasteiger partial charge in [0.25, 0.3) is 5.91 Å². The van der Waals surface area contributed by atoms with Gasteiger partial charge in [-0.2, -0.15) is 0 Å². The lowest BCUT2D eigenvalue weighted by Gasteiger charge is -2.13. The molecule has 0 aromatic heterocycles. The van der Waals surface area contributed by atoms with E-state index >= 15 is 0 Å². The number of nitrogens with one attached hydrogen (secondary N) is 1. The highest BCUT2D eigenvalue weighted by Crippen LogP contribution is 2.15. The molecule has 1 aromatic carbocycles. The van der Waals surface area contributed by atoms with Crippen molar-refractivity contribution in [3.05, 3.63) is 29.3 Å². The number of amides is 1. The first-order valence-corrected chi connectivity index (χ1v) is 5.80. The maximum atomic E-state index is 11.9. The van der Waals surface area contributed by atoms with E-state index in [1.165, 1.54) is 0 Å². The monoisotopic (exact) mass is 236 g/mol. The first kappa shape index (κ1) is 13.5. The number of rotatable bonds is 5. The minimum absolute atomic E-state index is 0.111. The number of hydrogen-bond acceptors (Lipinski definition) is 3. The highest BCUT2D eigenvalue weighted by Gasteiger charge is 2.11. The van der Waals surface area contributed by atoms with Crippen LogP contribution in [-0.4, -0.2) is 24.2 Å². The van der Waals surface area contributed by atoms with Gasteiger partial charge in [0.2, 0.25) is 0 Å². The number of carbonyl (C=O) groups excluding carboxylic acids is 1. The second-order valence-corrected chi connectivity index (χ2v) is 4.35. The molecular weight excluding hydrogens is 216 g/mol. The van der Waals surface area contributed by atoms with Crippen LogP contribution in [0.2, 0.25) is 0 Å². The van der Waals surface area contributed by atoms with Crippen LogP contribution in [-0.2, 0) is 0 Å². The molecule has 0 aliphatic carbocycles. The van der Waals surface area contributed by atoms with E-state index in [2.05, 4.69) is 5.32 Å². The Morgan fingerprint density at radius 2 is 2.24 bits per heavy atom.